The number of nitriles is 1. The first-order valence-corrected chi connectivity index (χ1v) is 6.79. The van der Waals surface area contributed by atoms with Crippen molar-refractivity contribution < 1.29 is 22.8 Å². The van der Waals surface area contributed by atoms with Crippen LogP contribution < -0.4 is 5.32 Å². The van der Waals surface area contributed by atoms with E-state index in [0.717, 1.165) is 18.9 Å². The van der Waals surface area contributed by atoms with Gasteiger partial charge in [-0.15, -0.1) is 0 Å². The van der Waals surface area contributed by atoms with Crippen molar-refractivity contribution >= 4 is 17.4 Å². The molecule has 0 bridgehead atoms. The Balaban J connectivity index is 2.18. The van der Waals surface area contributed by atoms with Crippen molar-refractivity contribution in [3.63, 3.8) is 0 Å². The van der Waals surface area contributed by atoms with Crippen LogP contribution in [0.15, 0.2) is 18.2 Å². The largest absolute Gasteiger partial charge is 0.417 e. The molecular formula is C15H13F3N2O2. The summed E-state index contributed by atoms with van der Waals surface area (Å²) in [4.78, 5) is 23.7. The monoisotopic (exact) mass is 310 g/mol. The maximum atomic E-state index is 12.8. The standard InChI is InChI=1S/C15H13F3N2O2/c16-15(17,18)12-7-11(6-5-10(12)8-19)20-14(22)13(21)9-3-1-2-4-9/h5-7,9H,1-4H2,(H,20,22). The number of amides is 1. The molecule has 0 radical (unpaired) electrons. The summed E-state index contributed by atoms with van der Waals surface area (Å²) in [6.07, 6.45) is -1.69. The van der Waals surface area contributed by atoms with Crippen LogP contribution in [-0.4, -0.2) is 11.7 Å². The van der Waals surface area contributed by atoms with E-state index in [4.69, 9.17) is 5.26 Å². The normalized spacial score (nSPS) is 15.4. The average molecular weight is 310 g/mol. The van der Waals surface area contributed by atoms with Gasteiger partial charge < -0.3 is 5.32 Å². The SMILES string of the molecule is N#Cc1ccc(NC(=O)C(=O)C2CCCC2)cc1C(F)(F)F. The zero-order chi connectivity index (χ0) is 16.3. The molecule has 0 unspecified atom stereocenters. The molecule has 0 saturated heterocycles. The lowest BCUT2D eigenvalue weighted by molar-refractivity contribution is -0.137. The number of hydrogen-bond donors (Lipinski definition) is 1. The second-order valence-electron chi connectivity index (χ2n) is 5.17. The number of benzene rings is 1. The molecule has 1 aromatic carbocycles. The topological polar surface area (TPSA) is 70.0 Å². The Morgan fingerprint density at radius 2 is 1.86 bits per heavy atom. The fourth-order valence-electron chi connectivity index (χ4n) is 2.52. The number of ketones is 1. The number of nitrogens with one attached hydrogen (secondary N) is 1. The zero-order valence-corrected chi connectivity index (χ0v) is 11.5. The predicted molar refractivity (Wildman–Crippen MR) is 71.8 cm³/mol. The summed E-state index contributed by atoms with van der Waals surface area (Å²) in [5.74, 6) is -1.86. The highest BCUT2D eigenvalue weighted by Crippen LogP contribution is 2.33. The summed E-state index contributed by atoms with van der Waals surface area (Å²) in [5.41, 5.74) is -1.82. The molecule has 1 amide bonds. The number of alkyl halides is 3. The van der Waals surface area contributed by atoms with E-state index in [1.54, 1.807) is 0 Å². The number of rotatable bonds is 3. The molecule has 0 aliphatic heterocycles. The van der Waals surface area contributed by atoms with Gasteiger partial charge in [-0.3, -0.25) is 9.59 Å². The molecule has 0 spiro atoms. The Morgan fingerprint density at radius 3 is 2.41 bits per heavy atom. The molecule has 2 rings (SSSR count). The summed E-state index contributed by atoms with van der Waals surface area (Å²) in [6, 6.07) is 4.26. The Labute approximate surface area is 124 Å². The maximum absolute atomic E-state index is 12.8. The van der Waals surface area contributed by atoms with Crippen molar-refractivity contribution in [2.45, 2.75) is 31.9 Å². The van der Waals surface area contributed by atoms with Gasteiger partial charge >= 0.3 is 6.18 Å². The van der Waals surface area contributed by atoms with Gasteiger partial charge in [0, 0.05) is 11.6 Å². The smallest absolute Gasteiger partial charge is 0.319 e. The molecule has 1 fully saturated rings. The molecule has 7 heteroatoms. The lowest BCUT2D eigenvalue weighted by Gasteiger charge is -2.12. The summed E-state index contributed by atoms with van der Waals surface area (Å²) >= 11 is 0. The van der Waals surface area contributed by atoms with Crippen LogP contribution >= 0.6 is 0 Å². The van der Waals surface area contributed by atoms with Crippen LogP contribution in [0.2, 0.25) is 0 Å². The number of hydrogen-bond acceptors (Lipinski definition) is 3. The minimum atomic E-state index is -4.71. The van der Waals surface area contributed by atoms with Gasteiger partial charge in [0.1, 0.15) is 0 Å². The molecule has 1 aromatic rings. The number of Topliss-reactive ketones (excluding diaryl/α,β-unsaturated/α-hetero) is 1. The minimum absolute atomic E-state index is 0.150. The molecule has 0 atom stereocenters. The summed E-state index contributed by atoms with van der Waals surface area (Å²) in [5, 5.41) is 10.9. The van der Waals surface area contributed by atoms with Gasteiger partial charge in [-0.2, -0.15) is 18.4 Å². The molecule has 0 aromatic heterocycles. The molecule has 1 aliphatic rings. The second-order valence-corrected chi connectivity index (χ2v) is 5.17. The van der Waals surface area contributed by atoms with Gasteiger partial charge in [-0.1, -0.05) is 12.8 Å². The van der Waals surface area contributed by atoms with E-state index in [1.807, 2.05) is 0 Å². The van der Waals surface area contributed by atoms with E-state index in [1.165, 1.54) is 12.1 Å². The predicted octanol–water partition coefficient (Wildman–Crippen LogP) is 3.27. The lowest BCUT2D eigenvalue weighted by atomic mass is 10.0. The summed E-state index contributed by atoms with van der Waals surface area (Å²) < 4.78 is 38.5. The minimum Gasteiger partial charge on any atom is -0.319 e. The van der Waals surface area contributed by atoms with E-state index in [0.29, 0.717) is 18.9 Å². The fraction of sp³-hybridized carbons (Fsp3) is 0.400. The van der Waals surface area contributed by atoms with Crippen molar-refractivity contribution in [2.24, 2.45) is 5.92 Å². The van der Waals surface area contributed by atoms with Gasteiger partial charge in [0.15, 0.2) is 0 Å². The van der Waals surface area contributed by atoms with Crippen LogP contribution in [0.3, 0.4) is 0 Å². The van der Waals surface area contributed by atoms with Crippen LogP contribution in [0, 0.1) is 17.2 Å². The highest BCUT2D eigenvalue weighted by atomic mass is 19.4. The van der Waals surface area contributed by atoms with Crippen LogP contribution in [0.5, 0.6) is 0 Å². The number of carbonyl (C=O) groups excluding carboxylic acids is 2. The Bertz CT molecular complexity index is 641. The van der Waals surface area contributed by atoms with E-state index in [9.17, 15) is 22.8 Å². The van der Waals surface area contributed by atoms with Crippen LogP contribution in [0.4, 0.5) is 18.9 Å². The molecule has 0 heterocycles. The van der Waals surface area contributed by atoms with Crippen molar-refractivity contribution in [1.82, 2.24) is 0 Å². The van der Waals surface area contributed by atoms with Gasteiger partial charge in [-0.05, 0) is 31.0 Å². The van der Waals surface area contributed by atoms with Crippen LogP contribution in [0.1, 0.15) is 36.8 Å². The van der Waals surface area contributed by atoms with Crippen molar-refractivity contribution in [2.75, 3.05) is 5.32 Å². The van der Waals surface area contributed by atoms with E-state index >= 15 is 0 Å². The van der Waals surface area contributed by atoms with E-state index in [-0.39, 0.29) is 11.6 Å². The molecular weight excluding hydrogens is 297 g/mol. The third-order valence-electron chi connectivity index (χ3n) is 3.65. The van der Waals surface area contributed by atoms with Gasteiger partial charge in [0.05, 0.1) is 17.2 Å². The number of carbonyl (C=O) groups is 2. The number of nitrogens with zero attached hydrogens (tertiary/aromatic N) is 1. The molecule has 1 saturated carbocycles. The van der Waals surface area contributed by atoms with Crippen molar-refractivity contribution in [3.05, 3.63) is 29.3 Å². The zero-order valence-electron chi connectivity index (χ0n) is 11.5. The first-order valence-electron chi connectivity index (χ1n) is 6.79. The Kier molecular flexibility index (Phi) is 4.50. The quantitative estimate of drug-likeness (QED) is 0.871. The van der Waals surface area contributed by atoms with Gasteiger partial charge in [-0.25, -0.2) is 0 Å². The van der Waals surface area contributed by atoms with Gasteiger partial charge in [0.25, 0.3) is 5.91 Å². The summed E-state index contributed by atoms with van der Waals surface area (Å²) in [7, 11) is 0. The molecule has 116 valence electrons. The highest BCUT2D eigenvalue weighted by molar-refractivity contribution is 6.41. The first kappa shape index (κ1) is 16.0. The summed E-state index contributed by atoms with van der Waals surface area (Å²) in [6.45, 7) is 0. The van der Waals surface area contributed by atoms with Crippen LogP contribution in [-0.2, 0) is 15.8 Å². The third kappa shape index (κ3) is 3.45. The first-order chi connectivity index (χ1) is 10.3. The molecule has 22 heavy (non-hydrogen) atoms. The third-order valence-corrected chi connectivity index (χ3v) is 3.65. The Hall–Kier alpha value is -2.36. The van der Waals surface area contributed by atoms with Gasteiger partial charge in [0.2, 0.25) is 5.78 Å². The van der Waals surface area contributed by atoms with Crippen molar-refractivity contribution in [3.8, 4) is 6.07 Å². The Morgan fingerprint density at radius 1 is 1.23 bits per heavy atom. The fourth-order valence-corrected chi connectivity index (χ4v) is 2.52. The molecule has 4 nitrogen and oxygen atoms in total. The van der Waals surface area contributed by atoms with E-state index < -0.39 is 29.0 Å². The maximum Gasteiger partial charge on any atom is 0.417 e. The van der Waals surface area contributed by atoms with E-state index in [2.05, 4.69) is 5.32 Å². The second kappa shape index (κ2) is 6.18. The number of halogens is 3. The lowest BCUT2D eigenvalue weighted by Crippen LogP contribution is -2.28. The molecule has 1 aliphatic carbocycles. The molecule has 1 N–H and O–H groups in total. The van der Waals surface area contributed by atoms with Crippen molar-refractivity contribution in [1.29, 1.82) is 5.26 Å². The average Bonchev–Trinajstić information content (AvgIpc) is 2.99. The van der Waals surface area contributed by atoms with Crippen LogP contribution in [0.25, 0.3) is 0 Å². The number of anilines is 1. The highest BCUT2D eigenvalue weighted by Gasteiger charge is 2.34.